The van der Waals surface area contributed by atoms with E-state index in [9.17, 15) is 9.90 Å². The monoisotopic (exact) mass is 236 g/mol. The molecule has 0 amide bonds. The van der Waals surface area contributed by atoms with E-state index in [1.807, 2.05) is 6.92 Å². The molecule has 2 heteroatoms. The Morgan fingerprint density at radius 2 is 1.65 bits per heavy atom. The highest BCUT2D eigenvalue weighted by Gasteiger charge is 2.51. The molecule has 4 aliphatic rings. The molecule has 96 valence electrons. The van der Waals surface area contributed by atoms with E-state index >= 15 is 0 Å². The van der Waals surface area contributed by atoms with Gasteiger partial charge in [-0.3, -0.25) is 4.79 Å². The van der Waals surface area contributed by atoms with Gasteiger partial charge >= 0.3 is 5.97 Å². The van der Waals surface area contributed by atoms with Crippen LogP contribution in [0.3, 0.4) is 0 Å². The van der Waals surface area contributed by atoms with Crippen LogP contribution in [0.25, 0.3) is 0 Å². The van der Waals surface area contributed by atoms with Gasteiger partial charge in [0.05, 0.1) is 5.92 Å². The van der Waals surface area contributed by atoms with Crippen molar-refractivity contribution >= 4 is 5.97 Å². The minimum Gasteiger partial charge on any atom is -0.481 e. The van der Waals surface area contributed by atoms with Crippen LogP contribution in [0.4, 0.5) is 0 Å². The predicted octanol–water partition coefficient (Wildman–Crippen LogP) is 3.70. The number of hydrogen-bond donors (Lipinski definition) is 1. The van der Waals surface area contributed by atoms with Crippen molar-refractivity contribution < 1.29 is 9.90 Å². The molecule has 4 bridgehead atoms. The van der Waals surface area contributed by atoms with Crippen molar-refractivity contribution in [3.05, 3.63) is 0 Å². The van der Waals surface area contributed by atoms with Crippen molar-refractivity contribution in [1.29, 1.82) is 0 Å². The number of hydrogen-bond acceptors (Lipinski definition) is 1. The van der Waals surface area contributed by atoms with Crippen molar-refractivity contribution in [3.63, 3.8) is 0 Å². The van der Waals surface area contributed by atoms with E-state index < -0.39 is 5.97 Å². The van der Waals surface area contributed by atoms with Crippen LogP contribution >= 0.6 is 0 Å². The summed E-state index contributed by atoms with van der Waals surface area (Å²) in [7, 11) is 0. The van der Waals surface area contributed by atoms with Gasteiger partial charge in [-0.25, -0.2) is 0 Å². The molecule has 0 aromatic heterocycles. The van der Waals surface area contributed by atoms with Gasteiger partial charge in [-0.05, 0) is 74.5 Å². The fraction of sp³-hybridized carbons (Fsp3) is 0.933. The minimum atomic E-state index is -0.566. The first-order valence-electron chi connectivity index (χ1n) is 7.33. The minimum absolute atomic E-state index is 0.0914. The number of carbonyl (C=O) groups is 1. The van der Waals surface area contributed by atoms with E-state index in [-0.39, 0.29) is 5.92 Å². The van der Waals surface area contributed by atoms with Crippen molar-refractivity contribution in [2.24, 2.45) is 29.1 Å². The summed E-state index contributed by atoms with van der Waals surface area (Å²) in [6, 6.07) is 0. The van der Waals surface area contributed by atoms with Crippen LogP contribution in [0.2, 0.25) is 0 Å². The molecule has 4 saturated carbocycles. The van der Waals surface area contributed by atoms with Crippen LogP contribution in [0.15, 0.2) is 0 Å². The number of aliphatic carboxylic acids is 1. The summed E-state index contributed by atoms with van der Waals surface area (Å²) in [6.07, 6.45) is 10.1. The van der Waals surface area contributed by atoms with Crippen molar-refractivity contribution in [2.45, 2.75) is 58.3 Å². The fourth-order valence-corrected chi connectivity index (χ4v) is 5.47. The maximum absolute atomic E-state index is 11.3. The maximum Gasteiger partial charge on any atom is 0.306 e. The summed E-state index contributed by atoms with van der Waals surface area (Å²) in [5.74, 6) is 2.15. The molecule has 1 N–H and O–H groups in total. The molecule has 17 heavy (non-hydrogen) atoms. The second-order valence-corrected chi connectivity index (χ2v) is 7.07. The van der Waals surface area contributed by atoms with Gasteiger partial charge in [-0.15, -0.1) is 0 Å². The van der Waals surface area contributed by atoms with E-state index in [4.69, 9.17) is 0 Å². The van der Waals surface area contributed by atoms with Crippen molar-refractivity contribution in [1.82, 2.24) is 0 Å². The van der Waals surface area contributed by atoms with Crippen LogP contribution in [-0.4, -0.2) is 11.1 Å². The zero-order chi connectivity index (χ0) is 12.0. The van der Waals surface area contributed by atoms with Crippen LogP contribution in [0.1, 0.15) is 58.3 Å². The molecule has 0 aliphatic heterocycles. The van der Waals surface area contributed by atoms with E-state index in [0.29, 0.717) is 5.41 Å². The lowest BCUT2D eigenvalue weighted by Crippen LogP contribution is -2.47. The van der Waals surface area contributed by atoms with Crippen molar-refractivity contribution in [2.75, 3.05) is 0 Å². The quantitative estimate of drug-likeness (QED) is 0.808. The highest BCUT2D eigenvalue weighted by atomic mass is 16.4. The zero-order valence-electron chi connectivity index (χ0n) is 10.8. The topological polar surface area (TPSA) is 37.3 Å². The normalized spacial score (nSPS) is 44.9. The van der Waals surface area contributed by atoms with Gasteiger partial charge in [-0.1, -0.05) is 6.92 Å². The molecule has 1 unspecified atom stereocenters. The average Bonchev–Trinajstić information content (AvgIpc) is 2.23. The Kier molecular flexibility index (Phi) is 2.72. The second kappa shape index (κ2) is 4.00. The van der Waals surface area contributed by atoms with Crippen LogP contribution in [0.5, 0.6) is 0 Å². The van der Waals surface area contributed by atoms with Gasteiger partial charge in [0.15, 0.2) is 0 Å². The standard InChI is InChI=1S/C15H24O2/c1-2-13(14(16)17)9-15-6-10-3-11(7-15)5-12(4-10)8-15/h10-13H,2-9H2,1H3,(H,16,17). The summed E-state index contributed by atoms with van der Waals surface area (Å²) in [5.41, 5.74) is 0.424. The van der Waals surface area contributed by atoms with Gasteiger partial charge in [0.1, 0.15) is 0 Å². The third kappa shape index (κ3) is 2.00. The van der Waals surface area contributed by atoms with Crippen LogP contribution in [-0.2, 0) is 4.79 Å². The predicted molar refractivity (Wildman–Crippen MR) is 66.6 cm³/mol. The van der Waals surface area contributed by atoms with Crippen LogP contribution < -0.4 is 0 Å². The number of carboxylic acid groups (broad SMARTS) is 1. The first-order valence-corrected chi connectivity index (χ1v) is 7.33. The largest absolute Gasteiger partial charge is 0.481 e. The molecule has 0 heterocycles. The Morgan fingerprint density at radius 3 is 2.00 bits per heavy atom. The summed E-state index contributed by atoms with van der Waals surface area (Å²) < 4.78 is 0. The molecule has 4 fully saturated rings. The zero-order valence-corrected chi connectivity index (χ0v) is 10.8. The first kappa shape index (κ1) is 11.6. The summed E-state index contributed by atoms with van der Waals surface area (Å²) >= 11 is 0. The summed E-state index contributed by atoms with van der Waals surface area (Å²) in [4.78, 5) is 11.3. The van der Waals surface area contributed by atoms with Gasteiger partial charge in [0.25, 0.3) is 0 Å². The Morgan fingerprint density at radius 1 is 1.18 bits per heavy atom. The third-order valence-corrected chi connectivity index (χ3v) is 5.69. The highest BCUT2D eigenvalue weighted by Crippen LogP contribution is 2.62. The smallest absolute Gasteiger partial charge is 0.306 e. The Hall–Kier alpha value is -0.530. The molecule has 4 aliphatic carbocycles. The highest BCUT2D eigenvalue weighted by molar-refractivity contribution is 5.69. The Balaban J connectivity index is 1.75. The van der Waals surface area contributed by atoms with Gasteiger partial charge in [0.2, 0.25) is 0 Å². The SMILES string of the molecule is CCC(CC12CC3CC(CC(C3)C1)C2)C(=O)O. The molecule has 0 saturated heterocycles. The van der Waals surface area contributed by atoms with E-state index in [0.717, 1.165) is 30.6 Å². The number of carboxylic acids is 1. The lowest BCUT2D eigenvalue weighted by Gasteiger charge is -2.57. The van der Waals surface area contributed by atoms with Crippen LogP contribution in [0, 0.1) is 29.1 Å². The lowest BCUT2D eigenvalue weighted by molar-refractivity contribution is -0.145. The molecule has 4 rings (SSSR count). The number of rotatable bonds is 4. The van der Waals surface area contributed by atoms with Gasteiger partial charge < -0.3 is 5.11 Å². The molecule has 2 nitrogen and oxygen atoms in total. The third-order valence-electron chi connectivity index (χ3n) is 5.69. The van der Waals surface area contributed by atoms with Gasteiger partial charge in [0, 0.05) is 0 Å². The Labute approximate surface area is 104 Å². The maximum atomic E-state index is 11.3. The fourth-order valence-electron chi connectivity index (χ4n) is 5.47. The molecular weight excluding hydrogens is 212 g/mol. The molecule has 0 aromatic carbocycles. The van der Waals surface area contributed by atoms with E-state index in [2.05, 4.69) is 0 Å². The van der Waals surface area contributed by atoms with E-state index in [1.165, 1.54) is 38.5 Å². The first-order chi connectivity index (χ1) is 8.10. The molecule has 0 aromatic rings. The second-order valence-electron chi connectivity index (χ2n) is 7.07. The summed E-state index contributed by atoms with van der Waals surface area (Å²) in [6.45, 7) is 2.03. The molecule has 0 radical (unpaired) electrons. The molecule has 0 spiro atoms. The summed E-state index contributed by atoms with van der Waals surface area (Å²) in [5, 5.41) is 9.27. The van der Waals surface area contributed by atoms with Gasteiger partial charge in [-0.2, -0.15) is 0 Å². The average molecular weight is 236 g/mol. The van der Waals surface area contributed by atoms with E-state index in [1.54, 1.807) is 0 Å². The lowest BCUT2D eigenvalue weighted by atomic mass is 9.48. The molecule has 1 atom stereocenters. The Bertz CT molecular complexity index is 286. The van der Waals surface area contributed by atoms with Crippen molar-refractivity contribution in [3.8, 4) is 0 Å². The molecular formula is C15H24O2.